The van der Waals surface area contributed by atoms with Gasteiger partial charge in [-0.2, -0.15) is 0 Å². The van der Waals surface area contributed by atoms with E-state index in [1.165, 1.54) is 18.2 Å². The molecular weight excluding hydrogens is 431 g/mol. The van der Waals surface area contributed by atoms with Crippen LogP contribution in [0.15, 0.2) is 41.3 Å². The minimum Gasteiger partial charge on any atom is -0.326 e. The van der Waals surface area contributed by atoms with Gasteiger partial charge in [-0.25, -0.2) is 12.8 Å². The van der Waals surface area contributed by atoms with Crippen molar-refractivity contribution in [3.05, 3.63) is 52.8 Å². The Hall–Kier alpha value is -2.45. The van der Waals surface area contributed by atoms with Gasteiger partial charge in [-0.05, 0) is 61.2 Å². The molecule has 1 heterocycles. The van der Waals surface area contributed by atoms with E-state index in [0.717, 1.165) is 30.2 Å². The van der Waals surface area contributed by atoms with Crippen LogP contribution < -0.4 is 10.2 Å². The highest BCUT2D eigenvalue weighted by molar-refractivity contribution is 7.91. The Kier molecular flexibility index (Phi) is 5.55. The third-order valence-corrected chi connectivity index (χ3v) is 7.30. The summed E-state index contributed by atoms with van der Waals surface area (Å²) < 4.78 is 38.6. The molecule has 2 amide bonds. The van der Waals surface area contributed by atoms with Gasteiger partial charge in [0.2, 0.25) is 11.8 Å². The summed E-state index contributed by atoms with van der Waals surface area (Å²) in [5, 5.41) is 2.38. The summed E-state index contributed by atoms with van der Waals surface area (Å²) in [7, 11) is -3.68. The van der Waals surface area contributed by atoms with Crippen molar-refractivity contribution in [2.45, 2.75) is 30.6 Å². The summed E-state index contributed by atoms with van der Waals surface area (Å²) in [6.07, 6.45) is 2.20. The molecular formula is C21H20ClFN2O4S. The Morgan fingerprint density at radius 2 is 1.93 bits per heavy atom. The molecule has 0 spiro atoms. The summed E-state index contributed by atoms with van der Waals surface area (Å²) in [6.45, 7) is 0.566. The number of fused-ring (bicyclic) bond motifs is 1. The third kappa shape index (κ3) is 4.34. The molecule has 1 saturated carbocycles. The van der Waals surface area contributed by atoms with Crippen molar-refractivity contribution in [3.8, 4) is 0 Å². The Balaban J connectivity index is 1.40. The number of nitrogens with zero attached hydrogens (tertiary/aromatic N) is 1. The first-order valence-corrected chi connectivity index (χ1v) is 11.7. The molecule has 0 aromatic heterocycles. The van der Waals surface area contributed by atoms with Gasteiger partial charge in [0.25, 0.3) is 0 Å². The van der Waals surface area contributed by atoms with Gasteiger partial charge < -0.3 is 10.2 Å². The van der Waals surface area contributed by atoms with Crippen LogP contribution in [-0.4, -0.2) is 32.5 Å². The molecule has 2 aromatic rings. The first-order valence-electron chi connectivity index (χ1n) is 9.66. The Labute approximate surface area is 178 Å². The molecule has 0 bridgehead atoms. The Morgan fingerprint density at radius 3 is 2.63 bits per heavy atom. The maximum Gasteiger partial charge on any atom is 0.230 e. The van der Waals surface area contributed by atoms with E-state index >= 15 is 0 Å². The van der Waals surface area contributed by atoms with E-state index in [9.17, 15) is 22.4 Å². The Bertz CT molecular complexity index is 1130. The van der Waals surface area contributed by atoms with Crippen LogP contribution in [0.3, 0.4) is 0 Å². The molecule has 30 heavy (non-hydrogen) atoms. The van der Waals surface area contributed by atoms with Crippen LogP contribution in [0.4, 0.5) is 15.8 Å². The van der Waals surface area contributed by atoms with Crippen LogP contribution in [0.25, 0.3) is 0 Å². The monoisotopic (exact) mass is 450 g/mol. The molecule has 6 nitrogen and oxygen atoms in total. The lowest BCUT2D eigenvalue weighted by atomic mass is 10.2. The quantitative estimate of drug-likeness (QED) is 0.729. The second-order valence-corrected chi connectivity index (χ2v) is 10.1. The van der Waals surface area contributed by atoms with E-state index in [4.69, 9.17) is 11.6 Å². The van der Waals surface area contributed by atoms with E-state index in [2.05, 4.69) is 5.32 Å². The second-order valence-electron chi connectivity index (χ2n) is 7.55. The lowest BCUT2D eigenvalue weighted by Crippen LogP contribution is -2.30. The fourth-order valence-corrected chi connectivity index (χ4v) is 4.96. The molecule has 1 aliphatic carbocycles. The minimum atomic E-state index is -3.68. The van der Waals surface area contributed by atoms with E-state index in [1.54, 1.807) is 17.0 Å². The van der Waals surface area contributed by atoms with Crippen LogP contribution in [0, 0.1) is 11.7 Å². The minimum absolute atomic E-state index is 0.105. The normalized spacial score (nSPS) is 15.7. The van der Waals surface area contributed by atoms with Crippen LogP contribution in [0.5, 0.6) is 0 Å². The average Bonchev–Trinajstić information content (AvgIpc) is 3.48. The highest BCUT2D eigenvalue weighted by atomic mass is 35.5. The summed E-state index contributed by atoms with van der Waals surface area (Å²) in [4.78, 5) is 26.3. The zero-order valence-electron chi connectivity index (χ0n) is 16.0. The van der Waals surface area contributed by atoms with Gasteiger partial charge >= 0.3 is 0 Å². The SMILES string of the molecule is O=C(CCS(=O)(=O)c1ccc2c(c1)CCN2C(=O)C1CC1)Nc1ccc(F)c(Cl)c1. The topological polar surface area (TPSA) is 83.6 Å². The van der Waals surface area contributed by atoms with Crippen molar-refractivity contribution in [1.82, 2.24) is 0 Å². The molecule has 2 aliphatic rings. The zero-order valence-corrected chi connectivity index (χ0v) is 17.6. The first-order chi connectivity index (χ1) is 14.2. The van der Waals surface area contributed by atoms with E-state index in [1.807, 2.05) is 0 Å². The predicted octanol–water partition coefficient (Wildman–Crippen LogP) is 3.58. The molecule has 0 atom stereocenters. The van der Waals surface area contributed by atoms with Gasteiger partial charge in [0.1, 0.15) is 5.82 Å². The molecule has 9 heteroatoms. The number of benzene rings is 2. The van der Waals surface area contributed by atoms with Crippen LogP contribution >= 0.6 is 11.6 Å². The largest absolute Gasteiger partial charge is 0.326 e. The molecule has 2 aromatic carbocycles. The Morgan fingerprint density at radius 1 is 1.17 bits per heavy atom. The molecule has 1 aliphatic heterocycles. The molecule has 0 radical (unpaired) electrons. The number of anilines is 2. The average molecular weight is 451 g/mol. The number of hydrogen-bond acceptors (Lipinski definition) is 4. The zero-order chi connectivity index (χ0) is 21.5. The number of sulfone groups is 1. The molecule has 0 unspecified atom stereocenters. The molecule has 4 rings (SSSR count). The van der Waals surface area contributed by atoms with Crippen LogP contribution in [0.2, 0.25) is 5.02 Å². The van der Waals surface area contributed by atoms with E-state index < -0.39 is 21.6 Å². The summed E-state index contributed by atoms with van der Waals surface area (Å²) in [6, 6.07) is 8.50. The number of carbonyl (C=O) groups is 2. The van der Waals surface area contributed by atoms with Gasteiger partial charge in [0.15, 0.2) is 9.84 Å². The van der Waals surface area contributed by atoms with Gasteiger partial charge in [-0.3, -0.25) is 9.59 Å². The van der Waals surface area contributed by atoms with Gasteiger partial charge in [-0.15, -0.1) is 0 Å². The maximum atomic E-state index is 13.2. The van der Waals surface area contributed by atoms with Crippen LogP contribution in [0.1, 0.15) is 24.8 Å². The van der Waals surface area contributed by atoms with Gasteiger partial charge in [-0.1, -0.05) is 11.6 Å². The second kappa shape index (κ2) is 8.00. The molecule has 1 fully saturated rings. The highest BCUT2D eigenvalue weighted by Crippen LogP contribution is 2.37. The molecule has 1 N–H and O–H groups in total. The van der Waals surface area contributed by atoms with Crippen molar-refractivity contribution in [2.24, 2.45) is 5.92 Å². The summed E-state index contributed by atoms with van der Waals surface area (Å²) in [5.74, 6) is -1.26. The number of rotatable bonds is 6. The number of amides is 2. The number of carbonyl (C=O) groups excluding carboxylic acids is 2. The van der Waals surface area contributed by atoms with Crippen molar-refractivity contribution in [3.63, 3.8) is 0 Å². The van der Waals surface area contributed by atoms with E-state index in [0.29, 0.717) is 18.7 Å². The number of halogens is 2. The molecule has 0 saturated heterocycles. The smallest absolute Gasteiger partial charge is 0.230 e. The van der Waals surface area contributed by atoms with Crippen molar-refractivity contribution < 1.29 is 22.4 Å². The van der Waals surface area contributed by atoms with E-state index in [-0.39, 0.29) is 33.9 Å². The summed E-state index contributed by atoms with van der Waals surface area (Å²) >= 11 is 5.68. The van der Waals surface area contributed by atoms with Gasteiger partial charge in [0.05, 0.1) is 15.7 Å². The maximum absolute atomic E-state index is 13.2. The third-order valence-electron chi connectivity index (χ3n) is 5.30. The fourth-order valence-electron chi connectivity index (χ4n) is 3.49. The predicted molar refractivity (Wildman–Crippen MR) is 112 cm³/mol. The van der Waals surface area contributed by atoms with Crippen molar-refractivity contribution >= 4 is 44.6 Å². The standard InChI is InChI=1S/C21H20ClFN2O4S/c22-17-12-15(3-5-18(17)23)24-20(26)8-10-30(28,29)16-4-6-19-14(11-16)7-9-25(19)21(27)13-1-2-13/h3-6,11-13H,1-2,7-10H2,(H,24,26). The first kappa shape index (κ1) is 20.8. The van der Waals surface area contributed by atoms with Crippen molar-refractivity contribution in [1.29, 1.82) is 0 Å². The summed E-state index contributed by atoms with van der Waals surface area (Å²) in [5.41, 5.74) is 1.90. The van der Waals surface area contributed by atoms with Gasteiger partial charge in [0, 0.05) is 30.3 Å². The number of hydrogen-bond donors (Lipinski definition) is 1. The van der Waals surface area contributed by atoms with Crippen molar-refractivity contribution in [2.75, 3.05) is 22.5 Å². The van der Waals surface area contributed by atoms with Crippen LogP contribution in [-0.2, 0) is 25.8 Å². The number of nitrogens with one attached hydrogen (secondary N) is 1. The lowest BCUT2D eigenvalue weighted by molar-refractivity contribution is -0.119. The highest BCUT2D eigenvalue weighted by Gasteiger charge is 2.36. The lowest BCUT2D eigenvalue weighted by Gasteiger charge is -2.17. The molecule has 158 valence electrons. The fraction of sp³-hybridized carbons (Fsp3) is 0.333.